The lowest BCUT2D eigenvalue weighted by Gasteiger charge is -2.23. The van der Waals surface area contributed by atoms with Crippen molar-refractivity contribution in [2.75, 3.05) is 6.26 Å². The maximum absolute atomic E-state index is 11.8. The van der Waals surface area contributed by atoms with E-state index >= 15 is 0 Å². The molecule has 0 fully saturated rings. The minimum Gasteiger partial charge on any atom is -0.258 e. The highest BCUT2D eigenvalue weighted by molar-refractivity contribution is 7.84. The van der Waals surface area contributed by atoms with E-state index in [2.05, 4.69) is 56.7 Å². The molecule has 1 atom stereocenters. The van der Waals surface area contributed by atoms with Gasteiger partial charge in [-0.25, -0.2) is 9.97 Å². The van der Waals surface area contributed by atoms with Crippen LogP contribution in [0.3, 0.4) is 0 Å². The molecule has 2 heterocycles. The molecule has 7 heteroatoms. The molecule has 2 aromatic heterocycles. The van der Waals surface area contributed by atoms with Gasteiger partial charge in [-0.05, 0) is 0 Å². The number of rotatable bonds is 2. The van der Waals surface area contributed by atoms with Crippen LogP contribution in [0.2, 0.25) is 0 Å². The Hall–Kier alpha value is -1.63. The smallest absolute Gasteiger partial charge is 0.226 e. The molecular formula is C15H23N5OS. The van der Waals surface area contributed by atoms with Crippen molar-refractivity contribution in [1.29, 1.82) is 0 Å². The van der Waals surface area contributed by atoms with Gasteiger partial charge in [0, 0.05) is 23.2 Å². The fourth-order valence-electron chi connectivity index (χ4n) is 1.86. The standard InChI is InChI=1S/C15H23N5OS/c1-14(2,3)10-8-11(18-12(17-10)15(4,5)6)20-9-16-19-13(20)22(7)21/h8-9H,1-7H3. The van der Waals surface area contributed by atoms with Crippen LogP contribution in [-0.4, -0.2) is 35.2 Å². The molecule has 0 aliphatic rings. The summed E-state index contributed by atoms with van der Waals surface area (Å²) in [5, 5.41) is 8.18. The van der Waals surface area contributed by atoms with Gasteiger partial charge in [-0.2, -0.15) is 0 Å². The Balaban J connectivity index is 2.70. The average Bonchev–Trinajstić information content (AvgIpc) is 2.85. The molecule has 0 saturated carbocycles. The van der Waals surface area contributed by atoms with Gasteiger partial charge in [-0.1, -0.05) is 41.5 Å². The summed E-state index contributed by atoms with van der Waals surface area (Å²) in [5.74, 6) is 1.40. The van der Waals surface area contributed by atoms with Crippen LogP contribution in [0.4, 0.5) is 0 Å². The van der Waals surface area contributed by atoms with Gasteiger partial charge in [0.05, 0.1) is 16.5 Å². The fourth-order valence-corrected chi connectivity index (χ4v) is 2.43. The minimum atomic E-state index is -1.24. The summed E-state index contributed by atoms with van der Waals surface area (Å²) in [6.45, 7) is 12.5. The van der Waals surface area contributed by atoms with Gasteiger partial charge in [-0.15, -0.1) is 10.2 Å². The molecule has 0 radical (unpaired) electrons. The molecule has 2 rings (SSSR count). The van der Waals surface area contributed by atoms with E-state index in [4.69, 9.17) is 4.98 Å². The number of hydrogen-bond donors (Lipinski definition) is 0. The summed E-state index contributed by atoms with van der Waals surface area (Å²) in [4.78, 5) is 9.36. The van der Waals surface area contributed by atoms with E-state index in [0.717, 1.165) is 11.5 Å². The molecule has 0 amide bonds. The van der Waals surface area contributed by atoms with Crippen LogP contribution in [-0.2, 0) is 21.6 Å². The predicted molar refractivity (Wildman–Crippen MR) is 86.7 cm³/mol. The van der Waals surface area contributed by atoms with Crippen molar-refractivity contribution >= 4 is 10.8 Å². The number of aromatic nitrogens is 5. The zero-order chi connectivity index (χ0) is 16.7. The molecule has 0 saturated heterocycles. The summed E-state index contributed by atoms with van der Waals surface area (Å²) in [5.41, 5.74) is 0.635. The molecular weight excluding hydrogens is 298 g/mol. The molecule has 0 N–H and O–H groups in total. The summed E-state index contributed by atoms with van der Waals surface area (Å²) in [7, 11) is -1.24. The summed E-state index contributed by atoms with van der Waals surface area (Å²) < 4.78 is 13.5. The maximum atomic E-state index is 11.8. The summed E-state index contributed by atoms with van der Waals surface area (Å²) in [6, 6.07) is 1.91. The van der Waals surface area contributed by atoms with Crippen LogP contribution in [0.5, 0.6) is 0 Å². The van der Waals surface area contributed by atoms with Gasteiger partial charge in [0.2, 0.25) is 5.16 Å². The Morgan fingerprint density at radius 1 is 1.05 bits per heavy atom. The largest absolute Gasteiger partial charge is 0.258 e. The first-order valence-corrected chi connectivity index (χ1v) is 8.70. The minimum absolute atomic E-state index is 0.114. The monoisotopic (exact) mass is 321 g/mol. The van der Waals surface area contributed by atoms with E-state index in [9.17, 15) is 4.21 Å². The van der Waals surface area contributed by atoms with Gasteiger partial charge in [0.15, 0.2) is 0 Å². The van der Waals surface area contributed by atoms with Gasteiger partial charge in [0.25, 0.3) is 0 Å². The van der Waals surface area contributed by atoms with Crippen molar-refractivity contribution in [3.63, 3.8) is 0 Å². The molecule has 0 aromatic carbocycles. The molecule has 6 nitrogen and oxygen atoms in total. The molecule has 0 bridgehead atoms. The van der Waals surface area contributed by atoms with Crippen LogP contribution >= 0.6 is 0 Å². The van der Waals surface area contributed by atoms with E-state index in [1.807, 2.05) is 6.07 Å². The van der Waals surface area contributed by atoms with Crippen molar-refractivity contribution in [2.45, 2.75) is 57.5 Å². The van der Waals surface area contributed by atoms with Crippen molar-refractivity contribution in [3.05, 3.63) is 23.9 Å². The highest BCUT2D eigenvalue weighted by Crippen LogP contribution is 2.26. The topological polar surface area (TPSA) is 73.6 Å². The zero-order valence-corrected chi connectivity index (χ0v) is 15.0. The summed E-state index contributed by atoms with van der Waals surface area (Å²) >= 11 is 0. The Kier molecular flexibility index (Phi) is 4.21. The highest BCUT2D eigenvalue weighted by Gasteiger charge is 2.25. The van der Waals surface area contributed by atoms with Gasteiger partial charge in [-0.3, -0.25) is 8.78 Å². The van der Waals surface area contributed by atoms with E-state index in [1.54, 1.807) is 10.8 Å². The van der Waals surface area contributed by atoms with E-state index in [1.165, 1.54) is 6.33 Å². The van der Waals surface area contributed by atoms with Crippen LogP contribution in [0.25, 0.3) is 5.82 Å². The lowest BCUT2D eigenvalue weighted by molar-refractivity contribution is 0.510. The van der Waals surface area contributed by atoms with Crippen LogP contribution in [0.15, 0.2) is 17.6 Å². The third-order valence-corrected chi connectivity index (χ3v) is 3.96. The van der Waals surface area contributed by atoms with Gasteiger partial charge >= 0.3 is 0 Å². The number of nitrogens with zero attached hydrogens (tertiary/aromatic N) is 5. The van der Waals surface area contributed by atoms with Gasteiger partial charge in [0.1, 0.15) is 18.0 Å². The first-order valence-electron chi connectivity index (χ1n) is 7.14. The Morgan fingerprint density at radius 2 is 1.68 bits per heavy atom. The molecule has 120 valence electrons. The predicted octanol–water partition coefficient (Wildman–Crippen LogP) is 2.39. The second-order valence-corrected chi connectivity index (χ2v) is 8.65. The van der Waals surface area contributed by atoms with Crippen LogP contribution in [0.1, 0.15) is 53.1 Å². The first kappa shape index (κ1) is 16.7. The zero-order valence-electron chi connectivity index (χ0n) is 14.2. The van der Waals surface area contributed by atoms with E-state index < -0.39 is 10.8 Å². The SMILES string of the molecule is CS(=O)c1nncn1-c1cc(C(C)(C)C)nc(C(C)(C)C)n1. The quantitative estimate of drug-likeness (QED) is 0.849. The molecule has 1 unspecified atom stereocenters. The third kappa shape index (κ3) is 3.40. The van der Waals surface area contributed by atoms with E-state index in [-0.39, 0.29) is 10.8 Å². The Morgan fingerprint density at radius 3 is 2.18 bits per heavy atom. The normalized spacial score (nSPS) is 14.1. The molecule has 0 aliphatic carbocycles. The van der Waals surface area contributed by atoms with Crippen molar-refractivity contribution in [2.24, 2.45) is 0 Å². The fraction of sp³-hybridized carbons (Fsp3) is 0.600. The number of hydrogen-bond acceptors (Lipinski definition) is 5. The Bertz CT molecular complexity index is 677. The second-order valence-electron chi connectivity index (χ2n) is 7.37. The van der Waals surface area contributed by atoms with E-state index in [0.29, 0.717) is 11.0 Å². The first-order chi connectivity index (χ1) is 10.00. The van der Waals surface area contributed by atoms with Crippen molar-refractivity contribution < 1.29 is 4.21 Å². The molecule has 2 aromatic rings. The lowest BCUT2D eigenvalue weighted by Crippen LogP contribution is -2.23. The van der Waals surface area contributed by atoms with Crippen LogP contribution in [0, 0.1) is 0 Å². The molecule has 0 aliphatic heterocycles. The molecule has 22 heavy (non-hydrogen) atoms. The molecule has 0 spiro atoms. The van der Waals surface area contributed by atoms with Gasteiger partial charge < -0.3 is 0 Å². The summed E-state index contributed by atoms with van der Waals surface area (Å²) in [6.07, 6.45) is 3.12. The van der Waals surface area contributed by atoms with Crippen LogP contribution < -0.4 is 0 Å². The Labute approximate surface area is 133 Å². The van der Waals surface area contributed by atoms with Crippen molar-refractivity contribution in [1.82, 2.24) is 24.7 Å². The highest BCUT2D eigenvalue weighted by atomic mass is 32.2. The second kappa shape index (κ2) is 5.53. The lowest BCUT2D eigenvalue weighted by atomic mass is 9.90. The van der Waals surface area contributed by atoms with Crippen molar-refractivity contribution in [3.8, 4) is 5.82 Å². The third-order valence-electron chi connectivity index (χ3n) is 3.17. The maximum Gasteiger partial charge on any atom is 0.226 e. The average molecular weight is 321 g/mol.